The van der Waals surface area contributed by atoms with Gasteiger partial charge in [-0.05, 0) is 38.5 Å². The van der Waals surface area contributed by atoms with Crippen LogP contribution in [-0.4, -0.2) is 35.0 Å². The molecule has 0 saturated carbocycles. The number of aliphatic hydroxyl groups excluding tert-OH is 2. The number of hydrogen-bond donors (Lipinski definition) is 2. The van der Waals surface area contributed by atoms with Gasteiger partial charge in [0.25, 0.3) is 0 Å². The highest BCUT2D eigenvalue weighted by atomic mass is 16.5. The third-order valence-corrected chi connectivity index (χ3v) is 8.39. The molecule has 0 radical (unpaired) electrons. The van der Waals surface area contributed by atoms with E-state index in [0.29, 0.717) is 13.0 Å². The second kappa shape index (κ2) is 32.9. The highest BCUT2D eigenvalue weighted by molar-refractivity contribution is 5.69. The van der Waals surface area contributed by atoms with E-state index >= 15 is 0 Å². The van der Waals surface area contributed by atoms with Crippen molar-refractivity contribution >= 4 is 5.97 Å². The molecule has 0 aliphatic heterocycles. The van der Waals surface area contributed by atoms with Crippen molar-refractivity contribution < 1.29 is 19.7 Å². The van der Waals surface area contributed by atoms with Crippen LogP contribution < -0.4 is 0 Å². The summed E-state index contributed by atoms with van der Waals surface area (Å²) >= 11 is 0. The Balaban J connectivity index is 3.25. The number of hydrogen-bond acceptors (Lipinski definition) is 4. The molecule has 0 heterocycles. The summed E-state index contributed by atoms with van der Waals surface area (Å²) in [5, 5.41) is 20.1. The Morgan fingerprint density at radius 2 is 0.750 bits per heavy atom. The number of rotatable bonds is 33. The lowest BCUT2D eigenvalue weighted by Gasteiger charge is -2.10. The van der Waals surface area contributed by atoms with Crippen molar-refractivity contribution in [3.8, 4) is 0 Å². The van der Waals surface area contributed by atoms with E-state index < -0.39 is 0 Å². The van der Waals surface area contributed by atoms with Gasteiger partial charge in [-0.1, -0.05) is 162 Å². The van der Waals surface area contributed by atoms with Crippen molar-refractivity contribution in [3.05, 3.63) is 0 Å². The Morgan fingerprint density at radius 3 is 1.12 bits per heavy atom. The summed E-state index contributed by atoms with van der Waals surface area (Å²) in [5.41, 5.74) is 0. The zero-order chi connectivity index (χ0) is 29.4. The molecule has 0 saturated heterocycles. The van der Waals surface area contributed by atoms with Gasteiger partial charge in [-0.2, -0.15) is 0 Å². The molecule has 4 heteroatoms. The van der Waals surface area contributed by atoms with Crippen molar-refractivity contribution in [2.45, 2.75) is 219 Å². The largest absolute Gasteiger partial charge is 0.466 e. The van der Waals surface area contributed by atoms with Gasteiger partial charge in [-0.25, -0.2) is 0 Å². The third kappa shape index (κ3) is 31.9. The Kier molecular flexibility index (Phi) is 32.4. The highest BCUT2D eigenvalue weighted by Gasteiger charge is 2.05. The van der Waals surface area contributed by atoms with Gasteiger partial charge in [0.2, 0.25) is 0 Å². The molecule has 4 nitrogen and oxygen atoms in total. The predicted octanol–water partition coefficient (Wildman–Crippen LogP) is 11.0. The van der Waals surface area contributed by atoms with E-state index in [1.807, 2.05) is 0 Å². The molecule has 0 aromatic carbocycles. The first-order chi connectivity index (χ1) is 19.6. The maximum atomic E-state index is 11.9. The maximum absolute atomic E-state index is 11.9. The number of carbonyl (C=O) groups is 1. The minimum atomic E-state index is -0.0847. The van der Waals surface area contributed by atoms with Crippen LogP contribution in [0.5, 0.6) is 0 Å². The van der Waals surface area contributed by atoms with Crippen molar-refractivity contribution in [1.29, 1.82) is 0 Å². The first-order valence-electron chi connectivity index (χ1n) is 18.1. The lowest BCUT2D eigenvalue weighted by molar-refractivity contribution is -0.143. The van der Waals surface area contributed by atoms with E-state index in [1.165, 1.54) is 128 Å². The monoisotopic (exact) mass is 569 g/mol. The molecule has 40 heavy (non-hydrogen) atoms. The second-order valence-corrected chi connectivity index (χ2v) is 12.6. The molecule has 0 amide bonds. The SMILES string of the molecule is CCCCCCC(O)CCCCCCCCCCCOC(=O)CCCCCCCCCCC(O)CCCCCC. The van der Waals surface area contributed by atoms with Crippen molar-refractivity contribution in [1.82, 2.24) is 0 Å². The van der Waals surface area contributed by atoms with E-state index in [0.717, 1.165) is 57.8 Å². The van der Waals surface area contributed by atoms with Gasteiger partial charge in [0.15, 0.2) is 0 Å². The van der Waals surface area contributed by atoms with E-state index in [4.69, 9.17) is 4.74 Å². The Bertz CT molecular complexity index is 495. The van der Waals surface area contributed by atoms with Crippen LogP contribution in [0.3, 0.4) is 0 Å². The number of carbonyl (C=O) groups excluding carboxylic acids is 1. The Morgan fingerprint density at radius 1 is 0.450 bits per heavy atom. The van der Waals surface area contributed by atoms with E-state index in [2.05, 4.69) is 13.8 Å². The fraction of sp³-hybridized carbons (Fsp3) is 0.972. The number of unbranched alkanes of at least 4 members (excludes halogenated alkanes) is 21. The van der Waals surface area contributed by atoms with Gasteiger partial charge in [0.05, 0.1) is 18.8 Å². The molecule has 240 valence electrons. The first-order valence-corrected chi connectivity index (χ1v) is 18.1. The van der Waals surface area contributed by atoms with Gasteiger partial charge in [-0.15, -0.1) is 0 Å². The van der Waals surface area contributed by atoms with Gasteiger partial charge in [0.1, 0.15) is 0 Å². The molecule has 0 aliphatic rings. The molecule has 2 N–H and O–H groups in total. The molecule has 0 bridgehead atoms. The molecular weight excluding hydrogens is 496 g/mol. The van der Waals surface area contributed by atoms with Crippen LogP contribution in [0.1, 0.15) is 206 Å². The van der Waals surface area contributed by atoms with Crippen LogP contribution >= 0.6 is 0 Å². The first kappa shape index (κ1) is 39.4. The van der Waals surface area contributed by atoms with Gasteiger partial charge >= 0.3 is 5.97 Å². The summed E-state index contributed by atoms with van der Waals surface area (Å²) < 4.78 is 5.42. The number of aliphatic hydroxyl groups is 2. The van der Waals surface area contributed by atoms with Crippen molar-refractivity contribution in [3.63, 3.8) is 0 Å². The topological polar surface area (TPSA) is 66.8 Å². The summed E-state index contributed by atoms with van der Waals surface area (Å²) in [6, 6.07) is 0. The number of ether oxygens (including phenoxy) is 1. The molecule has 0 aromatic rings. The van der Waals surface area contributed by atoms with E-state index in [-0.39, 0.29) is 18.2 Å². The number of esters is 1. The average Bonchev–Trinajstić information content (AvgIpc) is 2.95. The van der Waals surface area contributed by atoms with Gasteiger partial charge in [0, 0.05) is 6.42 Å². The quantitative estimate of drug-likeness (QED) is 0.0610. The average molecular weight is 569 g/mol. The molecular formula is C36H72O4. The summed E-state index contributed by atoms with van der Waals surface area (Å²) in [5.74, 6) is -0.0145. The lowest BCUT2D eigenvalue weighted by Crippen LogP contribution is -2.06. The molecule has 0 aromatic heterocycles. The summed E-state index contributed by atoms with van der Waals surface area (Å²) in [4.78, 5) is 11.9. The van der Waals surface area contributed by atoms with Crippen LogP contribution in [0.25, 0.3) is 0 Å². The fourth-order valence-electron chi connectivity index (χ4n) is 5.59. The standard InChI is InChI=1S/C36H72O4/c1-3-5-7-22-28-34(37)30-24-18-14-10-9-13-17-21-27-33-40-36(39)32-26-20-16-12-11-15-19-25-31-35(38)29-23-8-6-4-2/h34-35,37-38H,3-33H2,1-2H3. The second-order valence-electron chi connectivity index (χ2n) is 12.6. The molecule has 0 fully saturated rings. The minimum absolute atomic E-state index is 0.0145. The summed E-state index contributed by atoms with van der Waals surface area (Å²) in [7, 11) is 0. The van der Waals surface area contributed by atoms with Crippen LogP contribution in [0.4, 0.5) is 0 Å². The molecule has 0 spiro atoms. The smallest absolute Gasteiger partial charge is 0.305 e. The minimum Gasteiger partial charge on any atom is -0.466 e. The van der Waals surface area contributed by atoms with Crippen molar-refractivity contribution in [2.75, 3.05) is 6.61 Å². The van der Waals surface area contributed by atoms with E-state index in [1.54, 1.807) is 0 Å². The predicted molar refractivity (Wildman–Crippen MR) is 173 cm³/mol. The van der Waals surface area contributed by atoms with Gasteiger partial charge in [-0.3, -0.25) is 4.79 Å². The fourth-order valence-corrected chi connectivity index (χ4v) is 5.59. The molecule has 2 unspecified atom stereocenters. The summed E-state index contributed by atoms with van der Waals surface area (Å²) in [6.07, 6.45) is 34.9. The van der Waals surface area contributed by atoms with Crippen LogP contribution in [0.15, 0.2) is 0 Å². The van der Waals surface area contributed by atoms with Crippen molar-refractivity contribution in [2.24, 2.45) is 0 Å². The Labute approximate surface area is 250 Å². The highest BCUT2D eigenvalue weighted by Crippen LogP contribution is 2.16. The maximum Gasteiger partial charge on any atom is 0.305 e. The molecule has 0 rings (SSSR count). The van der Waals surface area contributed by atoms with Crippen LogP contribution in [-0.2, 0) is 9.53 Å². The molecule has 2 atom stereocenters. The Hall–Kier alpha value is -0.610. The molecule has 0 aliphatic carbocycles. The zero-order valence-corrected chi connectivity index (χ0v) is 27.3. The normalized spacial score (nSPS) is 13.0. The van der Waals surface area contributed by atoms with Gasteiger partial charge < -0.3 is 14.9 Å². The van der Waals surface area contributed by atoms with Crippen LogP contribution in [0.2, 0.25) is 0 Å². The zero-order valence-electron chi connectivity index (χ0n) is 27.3. The van der Waals surface area contributed by atoms with Crippen LogP contribution in [0, 0.1) is 0 Å². The lowest BCUT2D eigenvalue weighted by atomic mass is 10.0. The van der Waals surface area contributed by atoms with E-state index in [9.17, 15) is 15.0 Å². The summed E-state index contributed by atoms with van der Waals surface area (Å²) in [6.45, 7) is 5.04. The third-order valence-electron chi connectivity index (χ3n) is 8.39.